The number of ether oxygens (including phenoxy) is 1. The smallest absolute Gasteiger partial charge is 0.191 e. The van der Waals surface area contributed by atoms with Crippen LogP contribution < -0.4 is 10.6 Å². The SMILES string of the molecule is CCNC(=NCC(C(CC)CC)N(C)C)NCC1CCCO1. The van der Waals surface area contributed by atoms with Gasteiger partial charge in [-0.2, -0.15) is 0 Å². The molecule has 2 N–H and O–H groups in total. The van der Waals surface area contributed by atoms with Gasteiger partial charge in [-0.05, 0) is 39.8 Å². The minimum absolute atomic E-state index is 0.340. The Morgan fingerprint density at radius 3 is 2.45 bits per heavy atom. The van der Waals surface area contributed by atoms with Crippen LogP contribution in [0.25, 0.3) is 0 Å². The van der Waals surface area contributed by atoms with E-state index < -0.39 is 0 Å². The van der Waals surface area contributed by atoms with Crippen LogP contribution in [0.2, 0.25) is 0 Å². The minimum Gasteiger partial charge on any atom is -0.376 e. The normalized spacial score (nSPS) is 20.7. The molecule has 1 saturated heterocycles. The Hall–Kier alpha value is -0.810. The molecule has 1 aliphatic heterocycles. The molecule has 1 aliphatic rings. The van der Waals surface area contributed by atoms with E-state index in [1.165, 1.54) is 19.3 Å². The molecule has 1 heterocycles. The molecule has 0 aromatic rings. The van der Waals surface area contributed by atoms with Gasteiger partial charge in [0.25, 0.3) is 0 Å². The highest BCUT2D eigenvalue weighted by Gasteiger charge is 2.20. The first kappa shape index (κ1) is 19.2. The van der Waals surface area contributed by atoms with Crippen LogP contribution in [0.4, 0.5) is 0 Å². The van der Waals surface area contributed by atoms with Crippen molar-refractivity contribution >= 4 is 5.96 Å². The predicted octanol–water partition coefficient (Wildman–Crippen LogP) is 2.09. The van der Waals surface area contributed by atoms with Crippen LogP contribution in [0.15, 0.2) is 4.99 Å². The quantitative estimate of drug-likeness (QED) is 0.505. The number of nitrogens with one attached hydrogen (secondary N) is 2. The van der Waals surface area contributed by atoms with E-state index in [9.17, 15) is 0 Å². The summed E-state index contributed by atoms with van der Waals surface area (Å²) >= 11 is 0. The van der Waals surface area contributed by atoms with Gasteiger partial charge >= 0.3 is 0 Å². The van der Waals surface area contributed by atoms with Crippen LogP contribution in [0.1, 0.15) is 46.5 Å². The van der Waals surface area contributed by atoms with Crippen LogP contribution in [0.5, 0.6) is 0 Å². The van der Waals surface area contributed by atoms with E-state index in [1.807, 2.05) is 0 Å². The van der Waals surface area contributed by atoms with Crippen LogP contribution >= 0.6 is 0 Å². The Labute approximate surface area is 136 Å². The van der Waals surface area contributed by atoms with Crippen molar-refractivity contribution in [2.24, 2.45) is 10.9 Å². The maximum atomic E-state index is 5.66. The highest BCUT2D eigenvalue weighted by molar-refractivity contribution is 5.79. The largest absolute Gasteiger partial charge is 0.376 e. The summed E-state index contributed by atoms with van der Waals surface area (Å²) in [6.07, 6.45) is 5.08. The second-order valence-corrected chi connectivity index (χ2v) is 6.34. The third kappa shape index (κ3) is 6.53. The fraction of sp³-hybridized carbons (Fsp3) is 0.941. The molecule has 1 rings (SSSR count). The van der Waals surface area contributed by atoms with E-state index in [0.29, 0.717) is 18.1 Å². The maximum absolute atomic E-state index is 5.66. The van der Waals surface area contributed by atoms with Gasteiger partial charge in [-0.25, -0.2) is 0 Å². The van der Waals surface area contributed by atoms with Crippen molar-refractivity contribution in [3.8, 4) is 0 Å². The first-order chi connectivity index (χ1) is 10.6. The summed E-state index contributed by atoms with van der Waals surface area (Å²) in [5, 5.41) is 6.77. The monoisotopic (exact) mass is 312 g/mol. The highest BCUT2D eigenvalue weighted by atomic mass is 16.5. The molecular weight excluding hydrogens is 276 g/mol. The van der Waals surface area contributed by atoms with Crippen molar-refractivity contribution in [1.82, 2.24) is 15.5 Å². The zero-order valence-corrected chi connectivity index (χ0v) is 15.2. The Morgan fingerprint density at radius 2 is 1.95 bits per heavy atom. The Kier molecular flexibility index (Phi) is 9.48. The molecule has 1 fully saturated rings. The first-order valence-electron chi connectivity index (χ1n) is 8.92. The zero-order chi connectivity index (χ0) is 16.4. The molecule has 0 spiro atoms. The van der Waals surface area contributed by atoms with Gasteiger partial charge in [0.2, 0.25) is 0 Å². The fourth-order valence-electron chi connectivity index (χ4n) is 3.11. The molecule has 0 bridgehead atoms. The van der Waals surface area contributed by atoms with Gasteiger partial charge in [-0.3, -0.25) is 4.99 Å². The van der Waals surface area contributed by atoms with Crippen molar-refractivity contribution in [3.63, 3.8) is 0 Å². The molecule has 0 amide bonds. The molecule has 0 radical (unpaired) electrons. The van der Waals surface area contributed by atoms with Gasteiger partial charge in [0.15, 0.2) is 5.96 Å². The van der Waals surface area contributed by atoms with E-state index in [2.05, 4.69) is 50.4 Å². The molecule has 0 aromatic heterocycles. The molecule has 2 unspecified atom stereocenters. The van der Waals surface area contributed by atoms with Gasteiger partial charge in [0.05, 0.1) is 12.6 Å². The van der Waals surface area contributed by atoms with Crippen LogP contribution in [0.3, 0.4) is 0 Å². The lowest BCUT2D eigenvalue weighted by atomic mass is 9.93. The molecule has 22 heavy (non-hydrogen) atoms. The summed E-state index contributed by atoms with van der Waals surface area (Å²) in [5.41, 5.74) is 0. The van der Waals surface area contributed by atoms with Crippen LogP contribution in [0, 0.1) is 5.92 Å². The summed E-state index contributed by atoms with van der Waals surface area (Å²) in [6.45, 7) is 10.1. The third-order valence-corrected chi connectivity index (χ3v) is 4.56. The number of nitrogens with zero attached hydrogens (tertiary/aromatic N) is 2. The molecule has 5 heteroatoms. The molecule has 0 aromatic carbocycles. The molecule has 0 saturated carbocycles. The summed E-state index contributed by atoms with van der Waals surface area (Å²) in [7, 11) is 4.32. The second kappa shape index (κ2) is 10.8. The van der Waals surface area contributed by atoms with Gasteiger partial charge in [-0.1, -0.05) is 26.7 Å². The fourth-order valence-corrected chi connectivity index (χ4v) is 3.11. The number of likely N-dealkylation sites (N-methyl/N-ethyl adjacent to an activating group) is 1. The van der Waals surface area contributed by atoms with E-state index in [0.717, 1.165) is 38.6 Å². The molecule has 130 valence electrons. The van der Waals surface area contributed by atoms with Gasteiger partial charge in [0.1, 0.15) is 0 Å². The van der Waals surface area contributed by atoms with Crippen LogP contribution in [-0.2, 0) is 4.74 Å². The van der Waals surface area contributed by atoms with E-state index in [4.69, 9.17) is 9.73 Å². The number of rotatable bonds is 9. The maximum Gasteiger partial charge on any atom is 0.191 e. The van der Waals surface area contributed by atoms with Crippen molar-refractivity contribution in [1.29, 1.82) is 0 Å². The van der Waals surface area contributed by atoms with Gasteiger partial charge in [-0.15, -0.1) is 0 Å². The van der Waals surface area contributed by atoms with Crippen LogP contribution in [-0.4, -0.2) is 63.3 Å². The third-order valence-electron chi connectivity index (χ3n) is 4.56. The van der Waals surface area contributed by atoms with Gasteiger partial charge in [0, 0.05) is 25.7 Å². The predicted molar refractivity (Wildman–Crippen MR) is 94.5 cm³/mol. The number of hydrogen-bond acceptors (Lipinski definition) is 3. The summed E-state index contributed by atoms with van der Waals surface area (Å²) in [5.74, 6) is 1.61. The summed E-state index contributed by atoms with van der Waals surface area (Å²) < 4.78 is 5.66. The van der Waals surface area contributed by atoms with Crippen molar-refractivity contribution < 1.29 is 4.74 Å². The molecule has 2 atom stereocenters. The van der Waals surface area contributed by atoms with Crippen molar-refractivity contribution in [3.05, 3.63) is 0 Å². The average molecular weight is 313 g/mol. The lowest BCUT2D eigenvalue weighted by Crippen LogP contribution is -2.43. The Balaban J connectivity index is 2.56. The number of guanidine groups is 1. The lowest BCUT2D eigenvalue weighted by Gasteiger charge is -2.30. The molecular formula is C17H36N4O. The van der Waals surface area contributed by atoms with E-state index in [1.54, 1.807) is 0 Å². The minimum atomic E-state index is 0.340. The number of aliphatic imine (C=N–C) groups is 1. The van der Waals surface area contributed by atoms with Gasteiger partial charge < -0.3 is 20.3 Å². The topological polar surface area (TPSA) is 48.9 Å². The van der Waals surface area contributed by atoms with Crippen molar-refractivity contribution in [2.75, 3.05) is 40.3 Å². The molecule has 5 nitrogen and oxygen atoms in total. The first-order valence-corrected chi connectivity index (χ1v) is 8.92. The van der Waals surface area contributed by atoms with E-state index >= 15 is 0 Å². The van der Waals surface area contributed by atoms with E-state index in [-0.39, 0.29) is 0 Å². The number of hydrogen-bond donors (Lipinski definition) is 2. The standard InChI is InChI=1S/C17H36N4O/c1-6-14(7-2)16(21(4)5)13-20-17(18-8-3)19-12-15-10-9-11-22-15/h14-16H,6-13H2,1-5H3,(H2,18,19,20). The molecule has 0 aliphatic carbocycles. The summed E-state index contributed by atoms with van der Waals surface area (Å²) in [6, 6.07) is 0.494. The lowest BCUT2D eigenvalue weighted by molar-refractivity contribution is 0.113. The van der Waals surface area contributed by atoms with Crippen molar-refractivity contribution in [2.45, 2.75) is 58.6 Å². The Bertz CT molecular complexity index is 310. The Morgan fingerprint density at radius 1 is 1.23 bits per heavy atom. The second-order valence-electron chi connectivity index (χ2n) is 6.34. The zero-order valence-electron chi connectivity index (χ0n) is 15.2. The summed E-state index contributed by atoms with van der Waals surface area (Å²) in [4.78, 5) is 7.12. The average Bonchev–Trinajstić information content (AvgIpc) is 3.01. The highest BCUT2D eigenvalue weighted by Crippen LogP contribution is 2.17.